The minimum absolute atomic E-state index is 0.0457. The Balaban J connectivity index is 1.80. The molecule has 4 aliphatic rings. The third kappa shape index (κ3) is 4.22. The van der Waals surface area contributed by atoms with Crippen LogP contribution in [0.1, 0.15) is 59.3 Å². The molecule has 7 atom stereocenters. The Hall–Kier alpha value is -1.80. The fourth-order valence-corrected chi connectivity index (χ4v) is 9.72. The van der Waals surface area contributed by atoms with E-state index in [0.717, 1.165) is 32.1 Å². The summed E-state index contributed by atoms with van der Waals surface area (Å²) in [6.45, 7) is 13.9. The number of rotatable bonds is 10. The molecule has 3 aliphatic heterocycles. The molecule has 1 aliphatic carbocycles. The van der Waals surface area contributed by atoms with Crippen molar-refractivity contribution < 1.29 is 24.2 Å². The second kappa shape index (κ2) is 10.9. The Labute approximate surface area is 219 Å². The van der Waals surface area contributed by atoms with E-state index >= 15 is 0 Å². The quantitative estimate of drug-likeness (QED) is 0.352. The maximum Gasteiger partial charge on any atom is 0.311 e. The summed E-state index contributed by atoms with van der Waals surface area (Å²) in [5, 5.41) is 10.4. The number of ether oxygens (including phenoxy) is 1. The standard InChI is InChI=1S/C28H42N2O5S/c1-6-13-29(19-11-9-8-10-12-19)26(33)24-28-18(5)15-21(36-28)22(27(34)35-14-7-2)23(28)25(32)30(24)20(16-31)17(3)4/h6-7,17-24,31H,1-2,8-16H2,3-5H3/t18?,20-,21-,22+,23-,24?,28?/m0/s1. The number of amides is 2. The molecule has 0 aromatic heterocycles. The third-order valence-corrected chi connectivity index (χ3v) is 11.0. The molecule has 0 aromatic carbocycles. The molecule has 3 heterocycles. The van der Waals surface area contributed by atoms with Crippen LogP contribution in [0.5, 0.6) is 0 Å². The Bertz CT molecular complexity index is 887. The summed E-state index contributed by atoms with van der Waals surface area (Å²) in [5.74, 6) is -1.82. The van der Waals surface area contributed by atoms with Gasteiger partial charge in [0.2, 0.25) is 11.8 Å². The van der Waals surface area contributed by atoms with Crippen molar-refractivity contribution in [1.82, 2.24) is 9.80 Å². The van der Waals surface area contributed by atoms with Crippen molar-refractivity contribution in [3.8, 4) is 0 Å². The molecule has 2 bridgehead atoms. The zero-order valence-corrected chi connectivity index (χ0v) is 22.8. The summed E-state index contributed by atoms with van der Waals surface area (Å²) in [6.07, 6.45) is 9.31. The highest BCUT2D eigenvalue weighted by atomic mass is 32.2. The van der Waals surface area contributed by atoms with Crippen molar-refractivity contribution in [3.63, 3.8) is 0 Å². The predicted octanol–water partition coefficient (Wildman–Crippen LogP) is 3.42. The third-order valence-electron chi connectivity index (χ3n) is 8.97. The molecule has 7 nitrogen and oxygen atoms in total. The number of hydrogen-bond donors (Lipinski definition) is 1. The predicted molar refractivity (Wildman–Crippen MR) is 141 cm³/mol. The Kier molecular flexibility index (Phi) is 8.25. The number of carbonyl (C=O) groups is 3. The van der Waals surface area contributed by atoms with E-state index in [1.807, 2.05) is 18.7 Å². The van der Waals surface area contributed by atoms with Gasteiger partial charge in [-0.1, -0.05) is 58.8 Å². The number of aliphatic hydroxyl groups is 1. The van der Waals surface area contributed by atoms with E-state index in [0.29, 0.717) is 6.54 Å². The number of carbonyl (C=O) groups excluding carboxylic acids is 3. The van der Waals surface area contributed by atoms with Crippen molar-refractivity contribution >= 4 is 29.5 Å². The highest BCUT2D eigenvalue weighted by Crippen LogP contribution is 2.69. The van der Waals surface area contributed by atoms with Crippen molar-refractivity contribution in [1.29, 1.82) is 0 Å². The van der Waals surface area contributed by atoms with Gasteiger partial charge in [0.1, 0.15) is 12.6 Å². The Morgan fingerprint density at radius 2 is 1.94 bits per heavy atom. The van der Waals surface area contributed by atoms with Crippen LogP contribution >= 0.6 is 11.8 Å². The van der Waals surface area contributed by atoms with E-state index in [1.165, 1.54) is 12.5 Å². The van der Waals surface area contributed by atoms with Crippen LogP contribution in [0.3, 0.4) is 0 Å². The first-order valence-electron chi connectivity index (χ1n) is 13.5. The highest BCUT2D eigenvalue weighted by Gasteiger charge is 2.77. The first kappa shape index (κ1) is 27.2. The minimum atomic E-state index is -0.723. The van der Waals surface area contributed by atoms with E-state index in [9.17, 15) is 19.5 Å². The van der Waals surface area contributed by atoms with Gasteiger partial charge in [0.05, 0.1) is 29.2 Å². The highest BCUT2D eigenvalue weighted by molar-refractivity contribution is 8.02. The lowest BCUT2D eigenvalue weighted by Gasteiger charge is -2.44. The molecule has 4 rings (SSSR count). The molecule has 3 unspecified atom stereocenters. The summed E-state index contributed by atoms with van der Waals surface area (Å²) in [4.78, 5) is 45.7. The van der Waals surface area contributed by atoms with Crippen LogP contribution in [0.2, 0.25) is 0 Å². The minimum Gasteiger partial charge on any atom is -0.461 e. The van der Waals surface area contributed by atoms with Crippen LogP contribution in [0.25, 0.3) is 0 Å². The van der Waals surface area contributed by atoms with Gasteiger partial charge >= 0.3 is 5.97 Å². The van der Waals surface area contributed by atoms with Gasteiger partial charge in [0, 0.05) is 17.8 Å². The lowest BCUT2D eigenvalue weighted by atomic mass is 9.66. The molecule has 1 N–H and O–H groups in total. The molecule has 0 radical (unpaired) electrons. The van der Waals surface area contributed by atoms with E-state index < -0.39 is 28.7 Å². The molecule has 2 amide bonds. The second-order valence-corrected chi connectivity index (χ2v) is 12.8. The number of nitrogens with zero attached hydrogens (tertiary/aromatic N) is 2. The Morgan fingerprint density at radius 1 is 1.25 bits per heavy atom. The van der Waals surface area contributed by atoms with E-state index in [4.69, 9.17) is 4.74 Å². The van der Waals surface area contributed by atoms with Crippen LogP contribution in [-0.4, -0.2) is 80.6 Å². The number of esters is 1. The lowest BCUT2D eigenvalue weighted by molar-refractivity contribution is -0.154. The molecule has 8 heteroatoms. The van der Waals surface area contributed by atoms with Gasteiger partial charge in [-0.05, 0) is 31.1 Å². The van der Waals surface area contributed by atoms with Crippen LogP contribution in [0.4, 0.5) is 0 Å². The summed E-state index contributed by atoms with van der Waals surface area (Å²) in [6, 6.07) is -1.10. The van der Waals surface area contributed by atoms with Crippen LogP contribution in [-0.2, 0) is 19.1 Å². The topological polar surface area (TPSA) is 87.2 Å². The van der Waals surface area contributed by atoms with Gasteiger partial charge in [-0.2, -0.15) is 0 Å². The maximum absolute atomic E-state index is 14.6. The molecular weight excluding hydrogens is 476 g/mol. The van der Waals surface area contributed by atoms with Gasteiger partial charge in [-0.15, -0.1) is 18.3 Å². The first-order valence-corrected chi connectivity index (χ1v) is 14.4. The van der Waals surface area contributed by atoms with Crippen molar-refractivity contribution in [2.24, 2.45) is 23.7 Å². The second-order valence-electron chi connectivity index (χ2n) is 11.3. The van der Waals surface area contributed by atoms with Gasteiger partial charge in [-0.25, -0.2) is 0 Å². The number of hydrogen-bond acceptors (Lipinski definition) is 6. The van der Waals surface area contributed by atoms with Crippen molar-refractivity contribution in [2.75, 3.05) is 19.8 Å². The number of likely N-dealkylation sites (tertiary alicyclic amines) is 1. The molecule has 36 heavy (non-hydrogen) atoms. The molecule has 1 saturated carbocycles. The zero-order chi connectivity index (χ0) is 26.2. The van der Waals surface area contributed by atoms with Gasteiger partial charge in [0.25, 0.3) is 0 Å². The summed E-state index contributed by atoms with van der Waals surface area (Å²) in [5.41, 5.74) is 0. The largest absolute Gasteiger partial charge is 0.461 e. The van der Waals surface area contributed by atoms with E-state index in [2.05, 4.69) is 20.1 Å². The van der Waals surface area contributed by atoms with Gasteiger partial charge in [-0.3, -0.25) is 14.4 Å². The first-order chi connectivity index (χ1) is 17.2. The number of aliphatic hydroxyl groups excluding tert-OH is 1. The molecular formula is C28H42N2O5S. The van der Waals surface area contributed by atoms with Crippen LogP contribution in [0, 0.1) is 23.7 Å². The van der Waals surface area contributed by atoms with Crippen molar-refractivity contribution in [2.45, 2.75) is 87.4 Å². The SMILES string of the molecule is C=CCOC(=O)[C@@H]1[C@@H]2CC(C)C3(S2)C(C(=O)N(CC=C)C2CCCCC2)N([C@@H](CO)C(C)C)C(=O)[C@H]13. The number of thioether (sulfide) groups is 1. The fraction of sp³-hybridized carbons (Fsp3) is 0.750. The van der Waals surface area contributed by atoms with Gasteiger partial charge < -0.3 is 19.6 Å². The average Bonchev–Trinajstić information content (AvgIpc) is 3.45. The van der Waals surface area contributed by atoms with Crippen LogP contribution < -0.4 is 0 Å². The normalized spacial score (nSPS) is 34.5. The van der Waals surface area contributed by atoms with E-state index in [1.54, 1.807) is 22.7 Å². The fourth-order valence-electron chi connectivity index (χ4n) is 7.33. The average molecular weight is 519 g/mol. The molecule has 3 saturated heterocycles. The molecule has 200 valence electrons. The Morgan fingerprint density at radius 3 is 2.53 bits per heavy atom. The zero-order valence-electron chi connectivity index (χ0n) is 21.9. The van der Waals surface area contributed by atoms with E-state index in [-0.39, 0.29) is 54.1 Å². The molecule has 0 aromatic rings. The number of fused-ring (bicyclic) bond motifs is 1. The van der Waals surface area contributed by atoms with Gasteiger partial charge in [0.15, 0.2) is 0 Å². The summed E-state index contributed by atoms with van der Waals surface area (Å²) < 4.78 is 4.75. The molecule has 1 spiro atoms. The smallest absolute Gasteiger partial charge is 0.311 e. The maximum atomic E-state index is 14.6. The lowest BCUT2D eigenvalue weighted by Crippen LogP contribution is -2.61. The van der Waals surface area contributed by atoms with Crippen molar-refractivity contribution in [3.05, 3.63) is 25.3 Å². The monoisotopic (exact) mass is 518 g/mol. The summed E-state index contributed by atoms with van der Waals surface area (Å²) >= 11 is 1.65. The van der Waals surface area contributed by atoms with Crippen LogP contribution in [0.15, 0.2) is 25.3 Å². The molecule has 4 fully saturated rings. The summed E-state index contributed by atoms with van der Waals surface area (Å²) in [7, 11) is 0.